The lowest BCUT2D eigenvalue weighted by molar-refractivity contribution is -0.138. The van der Waals surface area contributed by atoms with E-state index >= 15 is 0 Å². The summed E-state index contributed by atoms with van der Waals surface area (Å²) < 4.78 is 11.0. The van der Waals surface area contributed by atoms with Crippen LogP contribution in [0.2, 0.25) is 0 Å². The molecule has 0 aromatic heterocycles. The van der Waals surface area contributed by atoms with Crippen LogP contribution in [0.5, 0.6) is 0 Å². The average Bonchev–Trinajstić information content (AvgIpc) is 2.67. The zero-order valence-corrected chi connectivity index (χ0v) is 16.7. The molecule has 6 nitrogen and oxygen atoms in total. The minimum Gasteiger partial charge on any atom is -0.474 e. The van der Waals surface area contributed by atoms with E-state index in [4.69, 9.17) is 14.3 Å². The Bertz CT molecular complexity index is 775. The minimum atomic E-state index is -0.661. The van der Waals surface area contributed by atoms with Crippen molar-refractivity contribution in [2.75, 3.05) is 19.6 Å². The minimum absolute atomic E-state index is 0.544. The quantitative estimate of drug-likeness (QED) is 0.772. The fraction of sp³-hybridized carbons (Fsp3) is 0.409. The Balaban J connectivity index is 1.48. The molecule has 0 aliphatic carbocycles. The highest BCUT2D eigenvalue weighted by Gasteiger charge is 2.23. The number of nitrogens with one attached hydrogen (secondary N) is 1. The number of carbonyl (C=O) groups is 1. The molecular weight excluding hydrogens is 356 g/mol. The molecule has 1 N–H and O–H groups in total. The van der Waals surface area contributed by atoms with Gasteiger partial charge in [-0.15, -0.1) is 5.06 Å². The normalized spacial score (nSPS) is 17.6. The van der Waals surface area contributed by atoms with Crippen LogP contribution in [0.3, 0.4) is 0 Å². The van der Waals surface area contributed by atoms with Crippen LogP contribution >= 0.6 is 0 Å². The Kier molecular flexibility index (Phi) is 6.41. The van der Waals surface area contributed by atoms with E-state index in [9.17, 15) is 4.79 Å². The molecule has 0 saturated heterocycles. The largest absolute Gasteiger partial charge is 0.528 e. The Morgan fingerprint density at radius 1 is 1.14 bits per heavy atom. The van der Waals surface area contributed by atoms with Gasteiger partial charge in [0.2, 0.25) is 0 Å². The van der Waals surface area contributed by atoms with Gasteiger partial charge in [-0.1, -0.05) is 42.5 Å². The molecule has 2 aliphatic heterocycles. The maximum atomic E-state index is 11.8. The van der Waals surface area contributed by atoms with Gasteiger partial charge in [0.05, 0.1) is 6.54 Å². The van der Waals surface area contributed by atoms with Crippen LogP contribution < -0.4 is 5.32 Å². The second kappa shape index (κ2) is 8.97. The van der Waals surface area contributed by atoms with Crippen LogP contribution in [0.1, 0.15) is 32.8 Å². The van der Waals surface area contributed by atoms with Crippen LogP contribution in [0.4, 0.5) is 4.79 Å². The lowest BCUT2D eigenvalue weighted by Crippen LogP contribution is -2.35. The van der Waals surface area contributed by atoms with E-state index < -0.39 is 11.8 Å². The predicted octanol–water partition coefficient (Wildman–Crippen LogP) is 4.07. The molecule has 0 bridgehead atoms. The van der Waals surface area contributed by atoms with Crippen molar-refractivity contribution in [2.24, 2.45) is 0 Å². The van der Waals surface area contributed by atoms with Gasteiger partial charge in [-0.3, -0.25) is 0 Å². The summed E-state index contributed by atoms with van der Waals surface area (Å²) in [5.41, 5.74) is 3.07. The molecule has 1 aromatic rings. The zero-order chi connectivity index (χ0) is 20.0. The van der Waals surface area contributed by atoms with E-state index in [1.807, 2.05) is 57.2 Å². The highest BCUT2D eigenvalue weighted by Crippen LogP contribution is 2.22. The molecule has 0 radical (unpaired) electrons. The van der Waals surface area contributed by atoms with Gasteiger partial charge in [0.15, 0.2) is 5.88 Å². The van der Waals surface area contributed by atoms with Gasteiger partial charge in [-0.2, -0.15) is 0 Å². The summed E-state index contributed by atoms with van der Waals surface area (Å²) in [6.45, 7) is 7.90. The van der Waals surface area contributed by atoms with E-state index in [1.165, 1.54) is 11.1 Å². The standard InChI is InChI=1S/C22H28N2O4/c1-22(2,3)27-21(25)28-24-13-11-18(12-14-24)19-9-10-20(23-15-19)26-16-17-7-5-4-6-8-17/h4-11,23H,12-16H2,1-3H3. The third-order valence-corrected chi connectivity index (χ3v) is 4.30. The Morgan fingerprint density at radius 2 is 1.93 bits per heavy atom. The van der Waals surface area contributed by atoms with E-state index in [2.05, 4.69) is 17.5 Å². The number of hydroxylamine groups is 2. The maximum Gasteiger partial charge on any atom is 0.528 e. The number of benzene rings is 1. The van der Waals surface area contributed by atoms with Crippen molar-refractivity contribution in [3.63, 3.8) is 0 Å². The van der Waals surface area contributed by atoms with Gasteiger partial charge in [0.25, 0.3) is 0 Å². The molecule has 6 heteroatoms. The van der Waals surface area contributed by atoms with Crippen molar-refractivity contribution in [2.45, 2.75) is 39.4 Å². The molecule has 0 unspecified atom stereocenters. The van der Waals surface area contributed by atoms with Crippen molar-refractivity contribution in [1.29, 1.82) is 0 Å². The number of hydrogen-bond donors (Lipinski definition) is 1. The summed E-state index contributed by atoms with van der Waals surface area (Å²) in [4.78, 5) is 17.0. The van der Waals surface area contributed by atoms with Crippen LogP contribution in [-0.4, -0.2) is 36.5 Å². The second-order valence-corrected chi connectivity index (χ2v) is 7.77. The first-order valence-corrected chi connectivity index (χ1v) is 9.56. The van der Waals surface area contributed by atoms with Crippen molar-refractivity contribution < 1.29 is 19.1 Å². The number of hydrogen-bond acceptors (Lipinski definition) is 6. The molecule has 2 heterocycles. The third kappa shape index (κ3) is 6.16. The summed E-state index contributed by atoms with van der Waals surface area (Å²) in [5.74, 6) is 0.777. The molecule has 0 saturated carbocycles. The van der Waals surface area contributed by atoms with E-state index in [0.717, 1.165) is 24.4 Å². The monoisotopic (exact) mass is 384 g/mol. The van der Waals surface area contributed by atoms with E-state index in [1.54, 1.807) is 5.06 Å². The molecule has 0 amide bonds. The second-order valence-electron chi connectivity index (χ2n) is 7.77. The van der Waals surface area contributed by atoms with Crippen molar-refractivity contribution in [1.82, 2.24) is 10.4 Å². The molecule has 0 spiro atoms. The number of nitrogens with zero attached hydrogens (tertiary/aromatic N) is 1. The van der Waals surface area contributed by atoms with Gasteiger partial charge >= 0.3 is 6.16 Å². The summed E-state index contributed by atoms with van der Waals surface area (Å²) in [6, 6.07) is 10.1. The molecule has 0 atom stereocenters. The fourth-order valence-electron chi connectivity index (χ4n) is 2.93. The van der Waals surface area contributed by atoms with Crippen LogP contribution in [0, 0.1) is 0 Å². The Morgan fingerprint density at radius 3 is 2.54 bits per heavy atom. The lowest BCUT2D eigenvalue weighted by atomic mass is 9.98. The topological polar surface area (TPSA) is 60.0 Å². The molecule has 150 valence electrons. The first kappa shape index (κ1) is 20.0. The highest BCUT2D eigenvalue weighted by atomic mass is 16.8. The third-order valence-electron chi connectivity index (χ3n) is 4.30. The van der Waals surface area contributed by atoms with E-state index in [-0.39, 0.29) is 0 Å². The molecule has 28 heavy (non-hydrogen) atoms. The van der Waals surface area contributed by atoms with Gasteiger partial charge in [-0.05, 0) is 50.0 Å². The smallest absolute Gasteiger partial charge is 0.474 e. The molecule has 2 aliphatic rings. The highest BCUT2D eigenvalue weighted by molar-refractivity contribution is 5.60. The van der Waals surface area contributed by atoms with E-state index in [0.29, 0.717) is 19.7 Å². The lowest BCUT2D eigenvalue weighted by Gasteiger charge is -2.28. The number of dihydropyridines is 1. The first-order valence-electron chi connectivity index (χ1n) is 9.56. The van der Waals surface area contributed by atoms with Gasteiger partial charge in [-0.25, -0.2) is 4.79 Å². The first-order chi connectivity index (χ1) is 13.4. The Labute approximate surface area is 166 Å². The summed E-state index contributed by atoms with van der Waals surface area (Å²) in [5, 5.41) is 4.94. The molecule has 3 rings (SSSR count). The fourth-order valence-corrected chi connectivity index (χ4v) is 2.93. The Hall–Kier alpha value is -2.73. The number of carbonyl (C=O) groups excluding carboxylic acids is 1. The van der Waals surface area contributed by atoms with Crippen molar-refractivity contribution >= 4 is 6.16 Å². The number of ether oxygens (including phenoxy) is 2. The molecular formula is C22H28N2O4. The maximum absolute atomic E-state index is 11.8. The summed E-state index contributed by atoms with van der Waals surface area (Å²) >= 11 is 0. The summed E-state index contributed by atoms with van der Waals surface area (Å²) in [6.07, 6.45) is 6.29. The molecule has 1 aromatic carbocycles. The van der Waals surface area contributed by atoms with Crippen LogP contribution in [-0.2, 0) is 20.9 Å². The molecule has 0 fully saturated rings. The van der Waals surface area contributed by atoms with Gasteiger partial charge in [0.1, 0.15) is 12.2 Å². The van der Waals surface area contributed by atoms with Crippen molar-refractivity contribution in [3.05, 3.63) is 71.2 Å². The van der Waals surface area contributed by atoms with Crippen LogP contribution in [0.25, 0.3) is 0 Å². The average molecular weight is 384 g/mol. The predicted molar refractivity (Wildman–Crippen MR) is 107 cm³/mol. The number of allylic oxidation sites excluding steroid dienone is 2. The SMILES string of the molecule is CC(C)(C)OC(=O)ON1CC=C(C2=CC=C(OCc3ccccc3)NC2)CC1. The summed E-state index contributed by atoms with van der Waals surface area (Å²) in [7, 11) is 0. The number of rotatable bonds is 5. The van der Waals surface area contributed by atoms with Crippen LogP contribution in [0.15, 0.2) is 65.6 Å². The van der Waals surface area contributed by atoms with Crippen molar-refractivity contribution in [3.8, 4) is 0 Å². The zero-order valence-electron chi connectivity index (χ0n) is 16.7. The van der Waals surface area contributed by atoms with Gasteiger partial charge in [0, 0.05) is 13.1 Å². The van der Waals surface area contributed by atoms with Gasteiger partial charge < -0.3 is 19.6 Å².